The van der Waals surface area contributed by atoms with E-state index < -0.39 is 12.1 Å². The molecule has 1 atom stereocenters. The summed E-state index contributed by atoms with van der Waals surface area (Å²) in [4.78, 5) is 35.9. The number of halogens is 1. The molecule has 3 aromatic rings. The Hall–Kier alpha value is -4.07. The second-order valence-electron chi connectivity index (χ2n) is 7.51. The number of benzene rings is 2. The lowest BCUT2D eigenvalue weighted by Crippen LogP contribution is -2.23. The number of rotatable bonds is 7. The van der Waals surface area contributed by atoms with Crippen molar-refractivity contribution in [3.8, 4) is 5.69 Å². The smallest absolute Gasteiger partial charge is 0.331 e. The van der Waals surface area contributed by atoms with Gasteiger partial charge in [0.15, 0.2) is 6.10 Å². The molecule has 1 aromatic heterocycles. The van der Waals surface area contributed by atoms with Gasteiger partial charge in [0.25, 0.3) is 0 Å². The molecule has 1 unspecified atom stereocenters. The molecule has 170 valence electrons. The number of aryl methyl sites for hydroxylation is 1. The number of nitrogens with one attached hydrogen (secondary N) is 1. The summed E-state index contributed by atoms with van der Waals surface area (Å²) in [5.74, 6) is -1.58. The SMILES string of the molecule is CC(=O)Nc1ccc(C(=O)C(C)OC(=O)/C=C/c2c(C)nn(-c3ccc(F)cc3)c2C)cc1. The van der Waals surface area contributed by atoms with Gasteiger partial charge in [-0.3, -0.25) is 9.59 Å². The first kappa shape index (κ1) is 23.6. The van der Waals surface area contributed by atoms with Crippen LogP contribution in [0.15, 0.2) is 54.6 Å². The number of nitrogens with zero attached hydrogens (tertiary/aromatic N) is 2. The van der Waals surface area contributed by atoms with Gasteiger partial charge >= 0.3 is 5.97 Å². The second kappa shape index (κ2) is 10.0. The van der Waals surface area contributed by atoms with Gasteiger partial charge in [-0.15, -0.1) is 0 Å². The average molecular weight is 449 g/mol. The third-order valence-electron chi connectivity index (χ3n) is 4.96. The largest absolute Gasteiger partial charge is 0.451 e. The summed E-state index contributed by atoms with van der Waals surface area (Å²) in [6.45, 7) is 6.53. The third-order valence-corrected chi connectivity index (χ3v) is 4.96. The number of aromatic nitrogens is 2. The van der Waals surface area contributed by atoms with Crippen LogP contribution in [-0.4, -0.2) is 33.5 Å². The molecular weight excluding hydrogens is 425 g/mol. The molecule has 1 amide bonds. The van der Waals surface area contributed by atoms with Crippen molar-refractivity contribution in [2.75, 3.05) is 5.32 Å². The van der Waals surface area contributed by atoms with Crippen LogP contribution in [0.1, 0.15) is 41.2 Å². The molecule has 1 N–H and O–H groups in total. The third kappa shape index (κ3) is 5.79. The van der Waals surface area contributed by atoms with Gasteiger partial charge in [0.05, 0.1) is 11.4 Å². The van der Waals surface area contributed by atoms with Crippen LogP contribution in [0.2, 0.25) is 0 Å². The molecule has 0 saturated carbocycles. The minimum atomic E-state index is -0.988. The highest BCUT2D eigenvalue weighted by atomic mass is 19.1. The quantitative estimate of drug-likeness (QED) is 0.328. The van der Waals surface area contributed by atoms with Crippen molar-refractivity contribution < 1.29 is 23.5 Å². The fraction of sp³-hybridized carbons (Fsp3) is 0.200. The monoisotopic (exact) mass is 449 g/mol. The molecule has 0 aliphatic rings. The van der Waals surface area contributed by atoms with Crippen LogP contribution in [0.4, 0.5) is 10.1 Å². The van der Waals surface area contributed by atoms with Crippen molar-refractivity contribution in [1.82, 2.24) is 9.78 Å². The molecule has 0 aliphatic carbocycles. The summed E-state index contributed by atoms with van der Waals surface area (Å²) < 4.78 is 20.1. The minimum absolute atomic E-state index is 0.211. The van der Waals surface area contributed by atoms with E-state index in [0.29, 0.717) is 22.6 Å². The molecule has 3 rings (SSSR count). The molecule has 0 fully saturated rings. The standard InChI is InChI=1S/C25H24FN3O4/c1-15-23(16(2)29(28-15)22-11-7-20(26)8-12-22)13-14-24(31)33-17(3)25(32)19-5-9-21(10-6-19)27-18(4)30/h5-14,17H,1-4H3,(H,27,30)/b14-13+. The summed E-state index contributed by atoms with van der Waals surface area (Å²) in [5.41, 5.74) is 3.81. The maximum absolute atomic E-state index is 13.2. The zero-order valence-electron chi connectivity index (χ0n) is 18.8. The first-order valence-electron chi connectivity index (χ1n) is 10.3. The van der Waals surface area contributed by atoms with Crippen molar-refractivity contribution in [3.63, 3.8) is 0 Å². The molecule has 0 bridgehead atoms. The van der Waals surface area contributed by atoms with Gasteiger partial charge in [0.1, 0.15) is 5.82 Å². The molecule has 1 heterocycles. The zero-order valence-corrected chi connectivity index (χ0v) is 18.8. The number of carbonyl (C=O) groups is 3. The molecule has 0 spiro atoms. The first-order valence-corrected chi connectivity index (χ1v) is 10.3. The van der Waals surface area contributed by atoms with E-state index in [2.05, 4.69) is 10.4 Å². The number of carbonyl (C=O) groups excluding carboxylic acids is 3. The van der Waals surface area contributed by atoms with E-state index in [1.807, 2.05) is 6.92 Å². The van der Waals surface area contributed by atoms with Gasteiger partial charge in [0.2, 0.25) is 11.7 Å². The zero-order chi connectivity index (χ0) is 24.1. The topological polar surface area (TPSA) is 90.3 Å². The molecule has 0 radical (unpaired) electrons. The van der Waals surface area contributed by atoms with E-state index in [0.717, 1.165) is 11.3 Å². The Labute approximate surface area is 190 Å². The fourth-order valence-electron chi connectivity index (χ4n) is 3.30. The Morgan fingerprint density at radius 1 is 1.06 bits per heavy atom. The Balaban J connectivity index is 1.66. The van der Waals surface area contributed by atoms with Gasteiger partial charge in [-0.1, -0.05) is 0 Å². The average Bonchev–Trinajstić information content (AvgIpc) is 3.05. The second-order valence-corrected chi connectivity index (χ2v) is 7.51. The lowest BCUT2D eigenvalue weighted by atomic mass is 10.1. The Morgan fingerprint density at radius 2 is 1.70 bits per heavy atom. The van der Waals surface area contributed by atoms with Crippen LogP contribution in [0.25, 0.3) is 11.8 Å². The molecule has 7 nitrogen and oxygen atoms in total. The van der Waals surface area contributed by atoms with E-state index in [4.69, 9.17) is 4.74 Å². The number of anilines is 1. The normalized spacial score (nSPS) is 11.9. The van der Waals surface area contributed by atoms with Crippen LogP contribution in [0, 0.1) is 19.7 Å². The highest BCUT2D eigenvalue weighted by molar-refractivity contribution is 6.01. The highest BCUT2D eigenvalue weighted by Gasteiger charge is 2.19. The van der Waals surface area contributed by atoms with E-state index >= 15 is 0 Å². The van der Waals surface area contributed by atoms with E-state index in [1.165, 1.54) is 32.1 Å². The van der Waals surface area contributed by atoms with E-state index in [1.54, 1.807) is 54.1 Å². The fourth-order valence-corrected chi connectivity index (χ4v) is 3.30. The summed E-state index contributed by atoms with van der Waals surface area (Å²) in [7, 11) is 0. The van der Waals surface area contributed by atoms with Crippen molar-refractivity contribution in [2.24, 2.45) is 0 Å². The maximum Gasteiger partial charge on any atom is 0.331 e. The van der Waals surface area contributed by atoms with Crippen LogP contribution in [-0.2, 0) is 14.3 Å². The minimum Gasteiger partial charge on any atom is -0.451 e. The lowest BCUT2D eigenvalue weighted by molar-refractivity contribution is -0.140. The molecule has 8 heteroatoms. The Bertz CT molecular complexity index is 1210. The predicted octanol–water partition coefficient (Wildman–Crippen LogP) is 4.41. The number of Topliss-reactive ketones (excluding diaryl/α,β-unsaturated/α-hetero) is 1. The first-order chi connectivity index (χ1) is 15.7. The van der Waals surface area contributed by atoms with E-state index in [-0.39, 0.29) is 17.5 Å². The van der Waals surface area contributed by atoms with Crippen LogP contribution in [0.3, 0.4) is 0 Å². The van der Waals surface area contributed by atoms with Crippen molar-refractivity contribution >= 4 is 29.4 Å². The van der Waals surface area contributed by atoms with Gasteiger partial charge in [-0.2, -0.15) is 5.10 Å². The summed E-state index contributed by atoms with van der Waals surface area (Å²) in [6, 6.07) is 12.3. The van der Waals surface area contributed by atoms with Gasteiger partial charge in [-0.25, -0.2) is 13.9 Å². The number of esters is 1. The Morgan fingerprint density at radius 3 is 2.30 bits per heavy atom. The van der Waals surface area contributed by atoms with Crippen molar-refractivity contribution in [2.45, 2.75) is 33.8 Å². The number of ketones is 1. The van der Waals surface area contributed by atoms with Crippen LogP contribution >= 0.6 is 0 Å². The summed E-state index contributed by atoms with van der Waals surface area (Å²) in [5, 5.41) is 7.07. The predicted molar refractivity (Wildman–Crippen MR) is 123 cm³/mol. The molecular formula is C25H24FN3O4. The molecule has 33 heavy (non-hydrogen) atoms. The number of ether oxygens (including phenoxy) is 1. The molecule has 2 aromatic carbocycles. The summed E-state index contributed by atoms with van der Waals surface area (Å²) in [6.07, 6.45) is 1.84. The number of hydrogen-bond donors (Lipinski definition) is 1. The van der Waals surface area contributed by atoms with Gasteiger partial charge < -0.3 is 10.1 Å². The van der Waals surface area contributed by atoms with Gasteiger partial charge in [-0.05, 0) is 75.4 Å². The maximum atomic E-state index is 13.2. The highest BCUT2D eigenvalue weighted by Crippen LogP contribution is 2.20. The Kier molecular flexibility index (Phi) is 7.17. The van der Waals surface area contributed by atoms with Gasteiger partial charge in [0, 0.05) is 35.5 Å². The van der Waals surface area contributed by atoms with Crippen LogP contribution < -0.4 is 5.32 Å². The van der Waals surface area contributed by atoms with Crippen molar-refractivity contribution in [1.29, 1.82) is 0 Å². The van der Waals surface area contributed by atoms with Crippen LogP contribution in [0.5, 0.6) is 0 Å². The molecule has 0 saturated heterocycles. The number of amides is 1. The lowest BCUT2D eigenvalue weighted by Gasteiger charge is -2.11. The molecule has 0 aliphatic heterocycles. The summed E-state index contributed by atoms with van der Waals surface area (Å²) >= 11 is 0. The number of hydrogen-bond acceptors (Lipinski definition) is 5. The van der Waals surface area contributed by atoms with Crippen molar-refractivity contribution in [3.05, 3.63) is 82.9 Å². The van der Waals surface area contributed by atoms with E-state index in [9.17, 15) is 18.8 Å².